The van der Waals surface area contributed by atoms with Crippen LogP contribution >= 0.6 is 0 Å². The van der Waals surface area contributed by atoms with Gasteiger partial charge in [0.15, 0.2) is 0 Å². The topological polar surface area (TPSA) is 23.5 Å². The Kier molecular flexibility index (Phi) is 9.23. The highest BCUT2D eigenvalue weighted by Gasteiger charge is 2.39. The summed E-state index contributed by atoms with van der Waals surface area (Å²) in [5.74, 6) is 7.05. The van der Waals surface area contributed by atoms with Crippen LogP contribution in [0.3, 0.4) is 0 Å². The lowest BCUT2D eigenvalue weighted by molar-refractivity contribution is -0.0173. The van der Waals surface area contributed by atoms with E-state index in [9.17, 15) is 5.11 Å². The first-order chi connectivity index (χ1) is 12.7. The van der Waals surface area contributed by atoms with Crippen LogP contribution in [0.1, 0.15) is 77.2 Å². The average molecular weight is 356 g/mol. The first-order valence-corrected chi connectivity index (χ1v) is 10.7. The van der Waals surface area contributed by atoms with E-state index in [0.29, 0.717) is 12.3 Å². The van der Waals surface area contributed by atoms with Gasteiger partial charge in [-0.15, -0.1) is 0 Å². The van der Waals surface area contributed by atoms with Crippen LogP contribution in [0.5, 0.6) is 0 Å². The molecule has 144 valence electrons. The van der Waals surface area contributed by atoms with Crippen LogP contribution in [0.25, 0.3) is 0 Å². The fraction of sp³-hybridized carbons (Fsp3) is 0.667. The van der Waals surface area contributed by atoms with E-state index >= 15 is 0 Å². The Bertz CT molecular complexity index is 545. The zero-order valence-corrected chi connectivity index (χ0v) is 16.8. The van der Waals surface area contributed by atoms with Crippen LogP contribution in [0.4, 0.5) is 0 Å². The monoisotopic (exact) mass is 355 g/mol. The number of hydrogen-bond acceptors (Lipinski definition) is 2. The highest BCUT2D eigenvalue weighted by molar-refractivity contribution is 5.26. The lowest BCUT2D eigenvalue weighted by Gasteiger charge is -2.33. The van der Waals surface area contributed by atoms with Crippen molar-refractivity contribution in [3.63, 3.8) is 0 Å². The minimum Gasteiger partial charge on any atom is -0.384 e. The lowest BCUT2D eigenvalue weighted by Crippen LogP contribution is -2.33. The van der Waals surface area contributed by atoms with Crippen molar-refractivity contribution in [2.24, 2.45) is 5.92 Å². The highest BCUT2D eigenvalue weighted by Crippen LogP contribution is 2.42. The first kappa shape index (κ1) is 21.0. The molecule has 0 bridgehead atoms. The largest absolute Gasteiger partial charge is 0.384 e. The van der Waals surface area contributed by atoms with Gasteiger partial charge in [-0.2, -0.15) is 0 Å². The molecule has 1 aliphatic rings. The van der Waals surface area contributed by atoms with E-state index in [4.69, 9.17) is 0 Å². The van der Waals surface area contributed by atoms with Crippen molar-refractivity contribution in [2.45, 2.75) is 77.2 Å². The van der Waals surface area contributed by atoms with Gasteiger partial charge in [0.25, 0.3) is 0 Å². The number of rotatable bonds is 10. The number of aliphatic hydroxyl groups is 1. The second kappa shape index (κ2) is 11.4. The van der Waals surface area contributed by atoms with Gasteiger partial charge < -0.3 is 5.11 Å². The molecule has 0 spiro atoms. The predicted molar refractivity (Wildman–Crippen MR) is 111 cm³/mol. The molecule has 2 rings (SSSR count). The molecule has 1 unspecified atom stereocenters. The normalized spacial score (nSPS) is 17.1. The molecule has 0 amide bonds. The van der Waals surface area contributed by atoms with Crippen molar-refractivity contribution in [1.29, 1.82) is 0 Å². The van der Waals surface area contributed by atoms with Crippen LogP contribution in [-0.2, 0) is 5.60 Å². The van der Waals surface area contributed by atoms with Gasteiger partial charge >= 0.3 is 0 Å². The van der Waals surface area contributed by atoms with E-state index < -0.39 is 5.60 Å². The summed E-state index contributed by atoms with van der Waals surface area (Å²) in [5.41, 5.74) is 0.248. The minimum atomic E-state index is -0.789. The summed E-state index contributed by atoms with van der Waals surface area (Å²) in [7, 11) is 0. The van der Waals surface area contributed by atoms with Gasteiger partial charge in [-0.3, -0.25) is 4.90 Å². The molecule has 1 atom stereocenters. The summed E-state index contributed by atoms with van der Waals surface area (Å²) in [6.07, 6.45) is 10.2. The molecule has 0 radical (unpaired) electrons. The summed E-state index contributed by atoms with van der Waals surface area (Å²) < 4.78 is 0. The molecule has 1 aromatic carbocycles. The predicted octanol–water partition coefficient (Wildman–Crippen LogP) is 5.36. The molecule has 0 aliphatic heterocycles. The highest BCUT2D eigenvalue weighted by atomic mass is 16.3. The van der Waals surface area contributed by atoms with E-state index in [0.717, 1.165) is 38.0 Å². The van der Waals surface area contributed by atoms with Crippen LogP contribution in [0, 0.1) is 17.8 Å². The number of nitrogens with zero attached hydrogens (tertiary/aromatic N) is 1. The third-order valence-corrected chi connectivity index (χ3v) is 5.75. The summed E-state index contributed by atoms with van der Waals surface area (Å²) >= 11 is 0. The Morgan fingerprint density at radius 2 is 1.62 bits per heavy atom. The molecule has 0 saturated heterocycles. The molecule has 1 aromatic rings. The molecule has 26 heavy (non-hydrogen) atoms. The molecule has 2 nitrogen and oxygen atoms in total. The lowest BCUT2D eigenvalue weighted by atomic mass is 9.78. The summed E-state index contributed by atoms with van der Waals surface area (Å²) in [4.78, 5) is 2.47. The second-order valence-corrected chi connectivity index (χ2v) is 7.79. The minimum absolute atomic E-state index is 0.343. The molecule has 1 fully saturated rings. The van der Waals surface area contributed by atoms with Gasteiger partial charge in [0.1, 0.15) is 5.60 Å². The number of benzene rings is 1. The van der Waals surface area contributed by atoms with Crippen molar-refractivity contribution >= 4 is 0 Å². The molecule has 1 saturated carbocycles. The van der Waals surface area contributed by atoms with Crippen LogP contribution in [0.2, 0.25) is 0 Å². The Balaban J connectivity index is 2.01. The first-order valence-electron chi connectivity index (χ1n) is 10.7. The van der Waals surface area contributed by atoms with Crippen molar-refractivity contribution in [3.05, 3.63) is 35.9 Å². The molecule has 1 N–H and O–H groups in total. The van der Waals surface area contributed by atoms with Gasteiger partial charge in [0, 0.05) is 6.42 Å². The van der Waals surface area contributed by atoms with E-state index in [1.54, 1.807) is 0 Å². The Hall–Kier alpha value is -1.30. The fourth-order valence-corrected chi connectivity index (χ4v) is 4.01. The van der Waals surface area contributed by atoms with E-state index in [2.05, 4.69) is 42.7 Å². The maximum Gasteiger partial charge on any atom is 0.103 e. The molecular weight excluding hydrogens is 318 g/mol. The van der Waals surface area contributed by atoms with Crippen molar-refractivity contribution < 1.29 is 5.11 Å². The molecule has 0 aromatic heterocycles. The molecule has 2 heteroatoms. The van der Waals surface area contributed by atoms with Crippen molar-refractivity contribution in [3.8, 4) is 11.8 Å². The standard InChI is InChI=1S/C24H37NO/c1-3-5-19-25(20-6-4-2)21-13-12-18-24(26,23-16-10-11-17-23)22-14-8-7-9-15-22/h7-9,14-15,23,26H,3-6,10-11,16-21H2,1-2H3. The molecule has 1 aliphatic carbocycles. The molecular formula is C24H37NO. The Morgan fingerprint density at radius 3 is 2.19 bits per heavy atom. The van der Waals surface area contributed by atoms with E-state index in [1.165, 1.54) is 38.5 Å². The second-order valence-electron chi connectivity index (χ2n) is 7.79. The third kappa shape index (κ3) is 6.15. The Labute approximate surface area is 161 Å². The van der Waals surface area contributed by atoms with Gasteiger partial charge in [-0.25, -0.2) is 0 Å². The summed E-state index contributed by atoms with van der Waals surface area (Å²) in [6.45, 7) is 7.58. The van der Waals surface area contributed by atoms with Crippen LogP contribution in [-0.4, -0.2) is 29.6 Å². The van der Waals surface area contributed by atoms with Gasteiger partial charge in [0.2, 0.25) is 0 Å². The zero-order chi connectivity index (χ0) is 18.7. The maximum absolute atomic E-state index is 11.5. The van der Waals surface area contributed by atoms with Crippen LogP contribution < -0.4 is 0 Å². The Morgan fingerprint density at radius 1 is 1.00 bits per heavy atom. The van der Waals surface area contributed by atoms with Crippen molar-refractivity contribution in [1.82, 2.24) is 4.90 Å². The smallest absolute Gasteiger partial charge is 0.103 e. The van der Waals surface area contributed by atoms with E-state index in [-0.39, 0.29) is 0 Å². The quantitative estimate of drug-likeness (QED) is 0.571. The fourth-order valence-electron chi connectivity index (χ4n) is 4.01. The summed E-state index contributed by atoms with van der Waals surface area (Å²) in [6, 6.07) is 10.2. The number of unbranched alkanes of at least 4 members (excludes halogenated alkanes) is 2. The van der Waals surface area contributed by atoms with Gasteiger partial charge in [-0.05, 0) is 50.3 Å². The average Bonchev–Trinajstić information content (AvgIpc) is 3.22. The van der Waals surface area contributed by atoms with Gasteiger partial charge in [-0.1, -0.05) is 81.7 Å². The maximum atomic E-state index is 11.5. The van der Waals surface area contributed by atoms with Crippen LogP contribution in [0.15, 0.2) is 30.3 Å². The SMILES string of the molecule is CCCCN(CC#CCC(O)(c1ccccc1)C1CCCC1)CCCC. The zero-order valence-electron chi connectivity index (χ0n) is 16.8. The third-order valence-electron chi connectivity index (χ3n) is 5.75. The van der Waals surface area contributed by atoms with E-state index in [1.807, 2.05) is 18.2 Å². The van der Waals surface area contributed by atoms with Crippen molar-refractivity contribution in [2.75, 3.05) is 19.6 Å². The molecule has 0 heterocycles. The van der Waals surface area contributed by atoms with Gasteiger partial charge in [0.05, 0.1) is 6.54 Å². The number of hydrogen-bond donors (Lipinski definition) is 1. The summed E-state index contributed by atoms with van der Waals surface area (Å²) in [5, 5.41) is 11.5.